The third-order valence-electron chi connectivity index (χ3n) is 4.04. The van der Waals surface area contributed by atoms with Gasteiger partial charge in [-0.3, -0.25) is 0 Å². The minimum atomic E-state index is -0.399. The van der Waals surface area contributed by atoms with Gasteiger partial charge in [0, 0.05) is 6.08 Å². The summed E-state index contributed by atoms with van der Waals surface area (Å²) in [5, 5.41) is 24.0. The lowest BCUT2D eigenvalue weighted by Gasteiger charge is -2.20. The number of allylic oxidation sites excluding steroid dienone is 3. The molecule has 1 aromatic heterocycles. The van der Waals surface area contributed by atoms with E-state index >= 15 is 0 Å². The van der Waals surface area contributed by atoms with Gasteiger partial charge in [-0.25, -0.2) is 0 Å². The summed E-state index contributed by atoms with van der Waals surface area (Å²) in [5.74, 6) is 0.644. The first-order valence-corrected chi connectivity index (χ1v) is 7.20. The summed E-state index contributed by atoms with van der Waals surface area (Å²) < 4.78 is 10.3. The Morgan fingerprint density at radius 3 is 2.61 bits per heavy atom. The molecule has 0 aliphatic heterocycles. The molecule has 1 unspecified atom stereocenters. The molecule has 0 radical (unpaired) electrons. The van der Waals surface area contributed by atoms with Crippen molar-refractivity contribution in [2.45, 2.75) is 19.3 Å². The van der Waals surface area contributed by atoms with Gasteiger partial charge in [-0.1, -0.05) is 17.3 Å². The molecule has 2 aromatic rings. The van der Waals surface area contributed by atoms with E-state index in [4.69, 9.17) is 15.0 Å². The molecule has 1 aliphatic rings. The van der Waals surface area contributed by atoms with Crippen LogP contribution in [0.25, 0.3) is 11.1 Å². The number of methoxy groups -OCH3 is 1. The predicted octanol–water partition coefficient (Wildman–Crippen LogP) is 3.69. The van der Waals surface area contributed by atoms with Crippen LogP contribution < -0.4 is 10.5 Å². The smallest absolute Gasteiger partial charge is 0.230 e. The molecule has 4 N–H and O–H groups in total. The zero-order valence-corrected chi connectivity index (χ0v) is 12.9. The quantitative estimate of drug-likeness (QED) is 0.798. The van der Waals surface area contributed by atoms with Crippen LogP contribution >= 0.6 is 0 Å². The van der Waals surface area contributed by atoms with Gasteiger partial charge in [0.15, 0.2) is 0 Å². The summed E-state index contributed by atoms with van der Waals surface area (Å²) >= 11 is 0. The normalized spacial score (nSPS) is 18.0. The van der Waals surface area contributed by atoms with Gasteiger partial charge < -0.3 is 25.2 Å². The molecule has 0 saturated carbocycles. The molecule has 6 nitrogen and oxygen atoms in total. The third kappa shape index (κ3) is 2.63. The van der Waals surface area contributed by atoms with Crippen LogP contribution in [0.2, 0.25) is 0 Å². The molecule has 0 saturated heterocycles. The average Bonchev–Trinajstić information content (AvgIpc) is 2.92. The fourth-order valence-electron chi connectivity index (χ4n) is 2.72. The number of aliphatic hydroxyl groups excluding tert-OH is 2. The van der Waals surface area contributed by atoms with E-state index in [9.17, 15) is 10.2 Å². The van der Waals surface area contributed by atoms with E-state index in [2.05, 4.69) is 5.16 Å². The van der Waals surface area contributed by atoms with E-state index in [1.807, 2.05) is 31.2 Å². The van der Waals surface area contributed by atoms with Crippen molar-refractivity contribution in [1.82, 2.24) is 5.16 Å². The van der Waals surface area contributed by atoms with Gasteiger partial charge in [0.25, 0.3) is 0 Å². The fraction of sp³-hybridized carbons (Fsp3) is 0.235. The van der Waals surface area contributed by atoms with E-state index in [-0.39, 0.29) is 17.4 Å². The van der Waals surface area contributed by atoms with Gasteiger partial charge in [0.05, 0.1) is 18.6 Å². The molecule has 1 heterocycles. The number of hydrogen-bond acceptors (Lipinski definition) is 6. The number of nitrogen functional groups attached to an aromatic ring is 1. The van der Waals surface area contributed by atoms with E-state index in [1.165, 1.54) is 6.08 Å². The Kier molecular flexibility index (Phi) is 3.73. The molecular weight excluding hydrogens is 296 g/mol. The Labute approximate surface area is 133 Å². The maximum absolute atomic E-state index is 10.2. The molecular formula is C17H18N2O4. The van der Waals surface area contributed by atoms with Crippen LogP contribution in [0.4, 0.5) is 5.88 Å². The van der Waals surface area contributed by atoms with Crippen LogP contribution in [0.15, 0.2) is 52.0 Å². The predicted molar refractivity (Wildman–Crippen MR) is 86.3 cm³/mol. The molecule has 0 spiro atoms. The zero-order valence-electron chi connectivity index (χ0n) is 12.9. The van der Waals surface area contributed by atoms with Gasteiger partial charge >= 0.3 is 0 Å². The van der Waals surface area contributed by atoms with Crippen molar-refractivity contribution in [1.29, 1.82) is 0 Å². The van der Waals surface area contributed by atoms with E-state index in [1.54, 1.807) is 7.11 Å². The Balaban J connectivity index is 2.04. The highest BCUT2D eigenvalue weighted by Gasteiger charge is 2.30. The molecule has 23 heavy (non-hydrogen) atoms. The molecule has 120 valence electrons. The fourth-order valence-corrected chi connectivity index (χ4v) is 2.72. The summed E-state index contributed by atoms with van der Waals surface area (Å²) in [4.78, 5) is 0. The maximum atomic E-state index is 10.2. The van der Waals surface area contributed by atoms with Crippen LogP contribution in [-0.2, 0) is 0 Å². The summed E-state index contributed by atoms with van der Waals surface area (Å²) in [7, 11) is 1.60. The number of nitrogens with two attached hydrogens (primary N) is 1. The Morgan fingerprint density at radius 2 is 1.96 bits per heavy atom. The highest BCUT2D eigenvalue weighted by molar-refractivity contribution is 5.76. The number of aliphatic hydroxyl groups is 2. The minimum Gasteiger partial charge on any atom is -0.511 e. The number of benzene rings is 1. The molecule has 3 rings (SSSR count). The van der Waals surface area contributed by atoms with Crippen LogP contribution in [0.5, 0.6) is 5.75 Å². The summed E-state index contributed by atoms with van der Waals surface area (Å²) in [5.41, 5.74) is 8.73. The lowest BCUT2D eigenvalue weighted by molar-refractivity contribution is 0.330. The van der Waals surface area contributed by atoms with Crippen LogP contribution in [-0.4, -0.2) is 22.5 Å². The average molecular weight is 314 g/mol. The van der Waals surface area contributed by atoms with Crippen molar-refractivity contribution in [3.63, 3.8) is 0 Å². The van der Waals surface area contributed by atoms with Crippen LogP contribution in [0.1, 0.15) is 25.0 Å². The summed E-state index contributed by atoms with van der Waals surface area (Å²) in [6, 6.07) is 7.35. The molecule has 1 atom stereocenters. The highest BCUT2D eigenvalue weighted by Crippen LogP contribution is 2.41. The second-order valence-electron chi connectivity index (χ2n) is 5.53. The molecule has 0 bridgehead atoms. The lowest BCUT2D eigenvalue weighted by Crippen LogP contribution is -2.10. The third-order valence-corrected chi connectivity index (χ3v) is 4.04. The standard InChI is InChI=1S/C17H18N2O4/c1-9-7-12(14(21)8-13(9)20)16-15(17(18)23-19-16)10-3-5-11(22-2)6-4-10/h3-6,8,12,20-21H,7,18H2,1-2H3. The molecule has 6 heteroatoms. The Morgan fingerprint density at radius 1 is 1.26 bits per heavy atom. The van der Waals surface area contributed by atoms with E-state index in [0.717, 1.165) is 16.9 Å². The topological polar surface area (TPSA) is 102 Å². The second kappa shape index (κ2) is 5.72. The number of ether oxygens (including phenoxy) is 1. The zero-order chi connectivity index (χ0) is 16.6. The van der Waals surface area contributed by atoms with Crippen molar-refractivity contribution >= 4 is 5.88 Å². The molecule has 1 aromatic carbocycles. The maximum Gasteiger partial charge on any atom is 0.230 e. The first-order chi connectivity index (χ1) is 11.0. The first-order valence-electron chi connectivity index (χ1n) is 7.20. The van der Waals surface area contributed by atoms with Gasteiger partial charge in [-0.05, 0) is 36.6 Å². The Bertz CT molecular complexity index is 787. The lowest BCUT2D eigenvalue weighted by atomic mass is 9.86. The van der Waals surface area contributed by atoms with Gasteiger partial charge in [-0.15, -0.1) is 0 Å². The number of anilines is 1. The summed E-state index contributed by atoms with van der Waals surface area (Å²) in [6.07, 6.45) is 1.79. The van der Waals surface area contributed by atoms with E-state index < -0.39 is 5.92 Å². The van der Waals surface area contributed by atoms with Crippen molar-refractivity contribution < 1.29 is 19.5 Å². The van der Waals surface area contributed by atoms with Crippen molar-refractivity contribution in [2.24, 2.45) is 0 Å². The largest absolute Gasteiger partial charge is 0.511 e. The van der Waals surface area contributed by atoms with Crippen LogP contribution in [0.3, 0.4) is 0 Å². The van der Waals surface area contributed by atoms with E-state index in [0.29, 0.717) is 17.7 Å². The number of hydrogen-bond donors (Lipinski definition) is 3. The molecule has 0 amide bonds. The second-order valence-corrected chi connectivity index (χ2v) is 5.53. The first kappa shape index (κ1) is 15.0. The van der Waals surface area contributed by atoms with Crippen molar-refractivity contribution in [3.8, 4) is 16.9 Å². The van der Waals surface area contributed by atoms with Gasteiger partial charge in [-0.2, -0.15) is 0 Å². The summed E-state index contributed by atoms with van der Waals surface area (Å²) in [6.45, 7) is 1.81. The molecule has 0 fully saturated rings. The Hall–Kier alpha value is -2.89. The van der Waals surface area contributed by atoms with Crippen molar-refractivity contribution in [3.05, 3.63) is 53.1 Å². The number of aromatic nitrogens is 1. The number of rotatable bonds is 3. The van der Waals surface area contributed by atoms with Gasteiger partial charge in [0.1, 0.15) is 23.0 Å². The SMILES string of the molecule is COc1ccc(-c2c(C3CC(C)=C(O)C=C3O)noc2N)cc1. The van der Waals surface area contributed by atoms with Gasteiger partial charge in [0.2, 0.25) is 5.88 Å². The number of nitrogens with zero attached hydrogens (tertiary/aromatic N) is 1. The minimum absolute atomic E-state index is 0.0381. The molecule has 1 aliphatic carbocycles. The monoisotopic (exact) mass is 314 g/mol. The van der Waals surface area contributed by atoms with Crippen LogP contribution in [0, 0.1) is 0 Å². The van der Waals surface area contributed by atoms with Crippen molar-refractivity contribution in [2.75, 3.05) is 12.8 Å². The highest BCUT2D eigenvalue weighted by atomic mass is 16.5.